The Morgan fingerprint density at radius 1 is 0.467 bits per heavy atom. The summed E-state index contributed by atoms with van der Waals surface area (Å²) in [7, 11) is 0. The largest absolute Gasteiger partial charge is 0.481 e. The van der Waals surface area contributed by atoms with Gasteiger partial charge in [-0.2, -0.15) is 0 Å². The van der Waals surface area contributed by atoms with Crippen molar-refractivity contribution in [3.63, 3.8) is 0 Å². The molecular formula is C28H56O2. The zero-order valence-electron chi connectivity index (χ0n) is 21.1. The Morgan fingerprint density at radius 3 is 0.967 bits per heavy atom. The van der Waals surface area contributed by atoms with Crippen LogP contribution in [0.2, 0.25) is 0 Å². The molecule has 1 N–H and O–H groups in total. The van der Waals surface area contributed by atoms with Crippen LogP contribution < -0.4 is 0 Å². The first kappa shape index (κ1) is 29.5. The average molecular weight is 425 g/mol. The van der Waals surface area contributed by atoms with E-state index in [1.54, 1.807) is 0 Å². The molecule has 0 saturated heterocycles. The van der Waals surface area contributed by atoms with E-state index in [4.69, 9.17) is 0 Å². The first-order valence-corrected chi connectivity index (χ1v) is 13.9. The molecule has 0 aliphatic carbocycles. The Labute approximate surface area is 190 Å². The molecule has 0 aliphatic rings. The average Bonchev–Trinajstić information content (AvgIpc) is 2.74. The zero-order valence-corrected chi connectivity index (χ0v) is 21.1. The molecule has 0 heterocycles. The summed E-state index contributed by atoms with van der Waals surface area (Å²) in [5.41, 5.74) is -0.446. The van der Waals surface area contributed by atoms with Crippen molar-refractivity contribution in [1.82, 2.24) is 0 Å². The summed E-state index contributed by atoms with van der Waals surface area (Å²) in [6, 6.07) is 0. The summed E-state index contributed by atoms with van der Waals surface area (Å²) in [5.74, 6) is -0.511. The van der Waals surface area contributed by atoms with E-state index in [0.29, 0.717) is 0 Å². The SMILES string of the molecule is CCCCCCCCCCCCC(CCCCCC)(CCCCCCCC)C(=O)O. The molecule has 0 fully saturated rings. The van der Waals surface area contributed by atoms with Crippen molar-refractivity contribution in [2.45, 2.75) is 168 Å². The van der Waals surface area contributed by atoms with Crippen LogP contribution in [0.3, 0.4) is 0 Å². The molecule has 0 aromatic rings. The normalized spacial score (nSPS) is 13.4. The van der Waals surface area contributed by atoms with Gasteiger partial charge in [-0.1, -0.05) is 149 Å². The smallest absolute Gasteiger partial charge is 0.309 e. The van der Waals surface area contributed by atoms with E-state index in [1.807, 2.05) is 0 Å². The van der Waals surface area contributed by atoms with Crippen molar-refractivity contribution in [3.05, 3.63) is 0 Å². The van der Waals surface area contributed by atoms with E-state index >= 15 is 0 Å². The molecule has 0 aliphatic heterocycles. The van der Waals surface area contributed by atoms with Crippen molar-refractivity contribution >= 4 is 5.97 Å². The van der Waals surface area contributed by atoms with Crippen LogP contribution in [0.25, 0.3) is 0 Å². The van der Waals surface area contributed by atoms with Crippen LogP contribution >= 0.6 is 0 Å². The Morgan fingerprint density at radius 2 is 0.700 bits per heavy atom. The lowest BCUT2D eigenvalue weighted by molar-refractivity contribution is -0.150. The summed E-state index contributed by atoms with van der Waals surface area (Å²) >= 11 is 0. The van der Waals surface area contributed by atoms with Gasteiger partial charge in [0.25, 0.3) is 0 Å². The van der Waals surface area contributed by atoms with Crippen LogP contribution in [0.4, 0.5) is 0 Å². The molecule has 0 radical (unpaired) electrons. The fraction of sp³-hybridized carbons (Fsp3) is 0.964. The van der Waals surface area contributed by atoms with Crippen molar-refractivity contribution in [2.75, 3.05) is 0 Å². The van der Waals surface area contributed by atoms with Crippen molar-refractivity contribution in [1.29, 1.82) is 0 Å². The van der Waals surface area contributed by atoms with Crippen LogP contribution in [0.5, 0.6) is 0 Å². The van der Waals surface area contributed by atoms with E-state index in [-0.39, 0.29) is 0 Å². The highest BCUT2D eigenvalue weighted by atomic mass is 16.4. The fourth-order valence-corrected chi connectivity index (χ4v) is 4.78. The fourth-order valence-electron chi connectivity index (χ4n) is 4.78. The number of carboxylic acids is 1. The lowest BCUT2D eigenvalue weighted by atomic mass is 9.74. The van der Waals surface area contributed by atoms with Crippen LogP contribution in [-0.4, -0.2) is 11.1 Å². The first-order chi connectivity index (χ1) is 14.6. The summed E-state index contributed by atoms with van der Waals surface area (Å²) in [6.07, 6.45) is 28.1. The summed E-state index contributed by atoms with van der Waals surface area (Å²) in [6.45, 7) is 6.75. The van der Waals surface area contributed by atoms with Gasteiger partial charge in [0.05, 0.1) is 5.41 Å². The molecule has 180 valence electrons. The highest BCUT2D eigenvalue weighted by molar-refractivity contribution is 5.74. The number of unbranched alkanes of at least 4 members (excludes halogenated alkanes) is 17. The van der Waals surface area contributed by atoms with Gasteiger partial charge in [0.15, 0.2) is 0 Å². The minimum Gasteiger partial charge on any atom is -0.481 e. The third-order valence-corrected chi connectivity index (χ3v) is 6.98. The molecule has 1 unspecified atom stereocenters. The Kier molecular flexibility index (Phi) is 21.3. The molecule has 0 aromatic carbocycles. The minimum atomic E-state index is -0.511. The molecule has 0 aromatic heterocycles. The van der Waals surface area contributed by atoms with E-state index in [1.165, 1.54) is 109 Å². The molecule has 2 heteroatoms. The Hall–Kier alpha value is -0.530. The topological polar surface area (TPSA) is 37.3 Å². The maximum atomic E-state index is 12.3. The molecule has 30 heavy (non-hydrogen) atoms. The maximum Gasteiger partial charge on any atom is 0.309 e. The molecule has 1 atom stereocenters. The second-order valence-electron chi connectivity index (χ2n) is 9.85. The lowest BCUT2D eigenvalue weighted by Crippen LogP contribution is -2.31. The summed E-state index contributed by atoms with van der Waals surface area (Å²) < 4.78 is 0. The second-order valence-corrected chi connectivity index (χ2v) is 9.85. The Balaban J connectivity index is 4.29. The molecular weight excluding hydrogens is 368 g/mol. The van der Waals surface area contributed by atoms with E-state index in [2.05, 4.69) is 20.8 Å². The molecule has 0 bridgehead atoms. The standard InChI is InChI=1S/C28H56O2/c1-4-7-10-13-15-16-17-18-20-23-26-28(27(29)30,24-21-12-9-6-3)25-22-19-14-11-8-5-2/h4-26H2,1-3H3,(H,29,30). The number of rotatable bonds is 24. The van der Waals surface area contributed by atoms with Crippen molar-refractivity contribution < 1.29 is 9.90 Å². The molecule has 0 rings (SSSR count). The molecule has 2 nitrogen and oxygen atoms in total. The highest BCUT2D eigenvalue weighted by Gasteiger charge is 2.36. The van der Waals surface area contributed by atoms with Crippen LogP contribution in [0, 0.1) is 5.41 Å². The monoisotopic (exact) mass is 424 g/mol. The number of carbonyl (C=O) groups is 1. The van der Waals surface area contributed by atoms with Gasteiger partial charge in [-0.15, -0.1) is 0 Å². The number of aliphatic carboxylic acids is 1. The molecule has 0 saturated carbocycles. The Bertz CT molecular complexity index is 366. The zero-order chi connectivity index (χ0) is 22.3. The molecule has 0 spiro atoms. The second kappa shape index (κ2) is 21.7. The van der Waals surface area contributed by atoms with Gasteiger partial charge in [0, 0.05) is 0 Å². The third kappa shape index (κ3) is 16.2. The van der Waals surface area contributed by atoms with Gasteiger partial charge >= 0.3 is 5.97 Å². The molecule has 0 amide bonds. The van der Waals surface area contributed by atoms with E-state index in [0.717, 1.165) is 38.5 Å². The minimum absolute atomic E-state index is 0.446. The number of hydrogen-bond donors (Lipinski definition) is 1. The van der Waals surface area contributed by atoms with Crippen LogP contribution in [0.15, 0.2) is 0 Å². The third-order valence-electron chi connectivity index (χ3n) is 6.98. The predicted molar refractivity (Wildman–Crippen MR) is 133 cm³/mol. The first-order valence-electron chi connectivity index (χ1n) is 13.9. The summed E-state index contributed by atoms with van der Waals surface area (Å²) in [4.78, 5) is 12.3. The van der Waals surface area contributed by atoms with E-state index in [9.17, 15) is 9.90 Å². The van der Waals surface area contributed by atoms with Gasteiger partial charge in [-0.3, -0.25) is 4.79 Å². The van der Waals surface area contributed by atoms with Gasteiger partial charge in [0.2, 0.25) is 0 Å². The van der Waals surface area contributed by atoms with E-state index < -0.39 is 11.4 Å². The number of carboxylic acid groups (broad SMARTS) is 1. The maximum absolute atomic E-state index is 12.3. The summed E-state index contributed by atoms with van der Waals surface area (Å²) in [5, 5.41) is 10.2. The van der Waals surface area contributed by atoms with Crippen LogP contribution in [-0.2, 0) is 4.79 Å². The predicted octanol–water partition coefficient (Wildman–Crippen LogP) is 10.1. The van der Waals surface area contributed by atoms with Crippen LogP contribution in [0.1, 0.15) is 168 Å². The lowest BCUT2D eigenvalue weighted by Gasteiger charge is -2.30. The van der Waals surface area contributed by atoms with Crippen molar-refractivity contribution in [3.8, 4) is 0 Å². The van der Waals surface area contributed by atoms with Gasteiger partial charge in [0.1, 0.15) is 0 Å². The van der Waals surface area contributed by atoms with Gasteiger partial charge < -0.3 is 5.11 Å². The quantitative estimate of drug-likeness (QED) is 0.156. The van der Waals surface area contributed by atoms with Gasteiger partial charge in [-0.25, -0.2) is 0 Å². The number of hydrogen-bond acceptors (Lipinski definition) is 1. The van der Waals surface area contributed by atoms with Crippen molar-refractivity contribution in [2.24, 2.45) is 5.41 Å². The highest BCUT2D eigenvalue weighted by Crippen LogP contribution is 2.38. The van der Waals surface area contributed by atoms with Gasteiger partial charge in [-0.05, 0) is 19.3 Å².